The van der Waals surface area contributed by atoms with Crippen LogP contribution in [0.2, 0.25) is 0 Å². The first kappa shape index (κ1) is 57.3. The maximum atomic E-state index is 12.8. The summed E-state index contributed by atoms with van der Waals surface area (Å²) in [6.45, 7) is 3.28. The number of ether oxygens (including phenoxy) is 2. The number of aliphatic hydroxyl groups excluding tert-OH is 5. The Morgan fingerprint density at radius 2 is 0.836 bits per heavy atom. The summed E-state index contributed by atoms with van der Waals surface area (Å²) in [7, 11) is -5.12. The fourth-order valence-corrected chi connectivity index (χ4v) is 8.31. The second-order valence-corrected chi connectivity index (χ2v) is 18.4. The molecule has 1 fully saturated rings. The van der Waals surface area contributed by atoms with E-state index in [4.69, 9.17) is 18.5 Å². The largest absolute Gasteiger partial charge is 0.472 e. The molecule has 0 aromatic rings. The van der Waals surface area contributed by atoms with Crippen LogP contribution in [0.1, 0.15) is 206 Å². The van der Waals surface area contributed by atoms with E-state index in [1.54, 1.807) is 0 Å². The molecule has 61 heavy (non-hydrogen) atoms. The number of hydrogen-bond donors (Lipinski definition) is 6. The Balaban J connectivity index is 2.44. The Morgan fingerprint density at radius 1 is 0.492 bits per heavy atom. The van der Waals surface area contributed by atoms with Crippen LogP contribution in [-0.4, -0.2) is 98.3 Å². The molecule has 0 radical (unpaired) electrons. The van der Waals surface area contributed by atoms with Crippen molar-refractivity contribution in [2.24, 2.45) is 0 Å². The summed E-state index contributed by atoms with van der Waals surface area (Å²) in [5, 5.41) is 50.2. The lowest BCUT2D eigenvalue weighted by Gasteiger charge is -2.41. The van der Waals surface area contributed by atoms with Crippen LogP contribution in [0.4, 0.5) is 0 Å². The zero-order valence-corrected chi connectivity index (χ0v) is 38.9. The van der Waals surface area contributed by atoms with E-state index >= 15 is 0 Å². The fraction of sp³-hybridized carbons (Fsp3) is 0.872. The van der Waals surface area contributed by atoms with Crippen LogP contribution < -0.4 is 0 Å². The lowest BCUT2D eigenvalue weighted by atomic mass is 9.85. The molecule has 6 N–H and O–H groups in total. The van der Waals surface area contributed by atoms with E-state index in [1.165, 1.54) is 116 Å². The molecule has 13 nitrogen and oxygen atoms in total. The van der Waals surface area contributed by atoms with E-state index in [9.17, 15) is 44.6 Å². The van der Waals surface area contributed by atoms with Gasteiger partial charge in [-0.15, -0.1) is 0 Å². The topological polar surface area (TPSA) is 210 Å². The Morgan fingerprint density at radius 3 is 1.28 bits per heavy atom. The van der Waals surface area contributed by atoms with Crippen molar-refractivity contribution >= 4 is 19.8 Å². The molecule has 0 bridgehead atoms. The van der Waals surface area contributed by atoms with Crippen molar-refractivity contribution in [1.82, 2.24) is 0 Å². The van der Waals surface area contributed by atoms with Crippen molar-refractivity contribution in [1.29, 1.82) is 0 Å². The summed E-state index contributed by atoms with van der Waals surface area (Å²) in [5.41, 5.74) is 0. The average molecular weight is 891 g/mol. The summed E-state index contributed by atoms with van der Waals surface area (Å²) in [6, 6.07) is 0. The molecule has 0 heterocycles. The van der Waals surface area contributed by atoms with Crippen LogP contribution >= 0.6 is 7.82 Å². The maximum Gasteiger partial charge on any atom is 0.472 e. The van der Waals surface area contributed by atoms with Crippen LogP contribution in [0, 0.1) is 0 Å². The van der Waals surface area contributed by atoms with E-state index in [2.05, 4.69) is 38.2 Å². The first-order chi connectivity index (χ1) is 29.4. The summed E-state index contributed by atoms with van der Waals surface area (Å²) in [4.78, 5) is 35.7. The molecule has 1 rings (SSSR count). The van der Waals surface area contributed by atoms with E-state index in [0.29, 0.717) is 12.8 Å². The highest BCUT2D eigenvalue weighted by Gasteiger charge is 2.51. The quantitative estimate of drug-likeness (QED) is 0.0147. The molecule has 8 atom stereocenters. The second kappa shape index (κ2) is 37.7. The number of unbranched alkanes of at least 4 members (excludes halogenated alkanes) is 24. The predicted molar refractivity (Wildman–Crippen MR) is 240 cm³/mol. The summed E-state index contributed by atoms with van der Waals surface area (Å²) in [6.07, 6.45) is 28.0. The molecule has 1 saturated carbocycles. The Bertz CT molecular complexity index is 1170. The molecule has 358 valence electrons. The predicted octanol–water partition coefficient (Wildman–Crippen LogP) is 9.62. The van der Waals surface area contributed by atoms with Crippen molar-refractivity contribution < 1.29 is 63.1 Å². The molecule has 0 saturated heterocycles. The van der Waals surface area contributed by atoms with Gasteiger partial charge in [0.1, 0.15) is 43.2 Å². The molecule has 0 spiro atoms. The van der Waals surface area contributed by atoms with Gasteiger partial charge >= 0.3 is 19.8 Å². The monoisotopic (exact) mass is 891 g/mol. The zero-order chi connectivity index (χ0) is 45.0. The molecule has 0 aromatic carbocycles. The molecule has 6 unspecified atom stereocenters. The van der Waals surface area contributed by atoms with Gasteiger partial charge in [-0.05, 0) is 64.2 Å². The first-order valence-corrected chi connectivity index (χ1v) is 25.6. The van der Waals surface area contributed by atoms with Gasteiger partial charge in [0.15, 0.2) is 6.10 Å². The van der Waals surface area contributed by atoms with Crippen molar-refractivity contribution in [3.8, 4) is 0 Å². The number of aliphatic hydroxyl groups is 5. The third kappa shape index (κ3) is 30.2. The summed E-state index contributed by atoms with van der Waals surface area (Å²) >= 11 is 0. The molecule has 1 aliphatic carbocycles. The molecular formula is C47H87O13P. The lowest BCUT2D eigenvalue weighted by Crippen LogP contribution is -2.64. The van der Waals surface area contributed by atoms with Crippen molar-refractivity contribution in [2.75, 3.05) is 13.2 Å². The van der Waals surface area contributed by atoms with Gasteiger partial charge in [-0.2, -0.15) is 0 Å². The van der Waals surface area contributed by atoms with E-state index in [-0.39, 0.29) is 12.8 Å². The normalized spacial score (nSPS) is 22.2. The molecule has 0 aromatic heterocycles. The highest BCUT2D eigenvalue weighted by atomic mass is 31.2. The van der Waals surface area contributed by atoms with Crippen molar-refractivity contribution in [3.05, 3.63) is 24.3 Å². The van der Waals surface area contributed by atoms with Crippen LogP contribution in [-0.2, 0) is 32.7 Å². The Labute approximate surface area is 368 Å². The van der Waals surface area contributed by atoms with Gasteiger partial charge in [0.2, 0.25) is 0 Å². The minimum atomic E-state index is -5.12. The molecule has 0 aliphatic heterocycles. The Kier molecular flexibility index (Phi) is 35.4. The number of esters is 2. The van der Waals surface area contributed by atoms with Crippen molar-refractivity contribution in [2.45, 2.75) is 249 Å². The molecule has 0 amide bonds. The number of phosphoric acid groups is 1. The zero-order valence-electron chi connectivity index (χ0n) is 38.0. The van der Waals surface area contributed by atoms with Crippen LogP contribution in [0.15, 0.2) is 24.3 Å². The van der Waals surface area contributed by atoms with Crippen LogP contribution in [0.3, 0.4) is 0 Å². The highest BCUT2D eigenvalue weighted by molar-refractivity contribution is 7.47. The van der Waals surface area contributed by atoms with E-state index < -0.39 is 75.7 Å². The number of rotatable bonds is 40. The van der Waals surface area contributed by atoms with Crippen molar-refractivity contribution in [3.63, 3.8) is 0 Å². The molecule has 14 heteroatoms. The number of phosphoric ester groups is 1. The second-order valence-electron chi connectivity index (χ2n) is 17.0. The molecular weight excluding hydrogens is 803 g/mol. The lowest BCUT2D eigenvalue weighted by molar-refractivity contribution is -0.220. The van der Waals surface area contributed by atoms with Gasteiger partial charge < -0.3 is 39.9 Å². The van der Waals surface area contributed by atoms with Gasteiger partial charge in [0.25, 0.3) is 0 Å². The number of carbonyl (C=O) groups excluding carboxylic acids is 2. The van der Waals surface area contributed by atoms with Crippen LogP contribution in [0.25, 0.3) is 0 Å². The van der Waals surface area contributed by atoms with Gasteiger partial charge in [0, 0.05) is 12.8 Å². The number of carbonyl (C=O) groups is 2. The fourth-order valence-electron chi connectivity index (χ4n) is 7.34. The average Bonchev–Trinajstić information content (AvgIpc) is 3.24. The smallest absolute Gasteiger partial charge is 0.462 e. The third-order valence-electron chi connectivity index (χ3n) is 11.3. The maximum absolute atomic E-state index is 12.8. The highest BCUT2D eigenvalue weighted by Crippen LogP contribution is 2.47. The number of allylic oxidation sites excluding steroid dienone is 4. The Hall–Kier alpha value is -1.67. The summed E-state index contributed by atoms with van der Waals surface area (Å²) < 4.78 is 33.5. The van der Waals surface area contributed by atoms with Gasteiger partial charge in [-0.25, -0.2) is 4.57 Å². The first-order valence-electron chi connectivity index (χ1n) is 24.1. The van der Waals surface area contributed by atoms with Gasteiger partial charge in [0.05, 0.1) is 6.61 Å². The minimum Gasteiger partial charge on any atom is -0.462 e. The minimum absolute atomic E-state index is 0.0782. The van der Waals surface area contributed by atoms with Crippen LogP contribution in [0.5, 0.6) is 0 Å². The SMILES string of the molecule is CCCCCC/C=C/CCCCCCCCCCCC(=O)OC[C@@H](COP(=O)(O)OC1C(O)C(O)C(O)[C@H](O)C1O)OC(=O)CCCCC/C=C/CCCCCCCCCC. The third-order valence-corrected chi connectivity index (χ3v) is 12.3. The van der Waals surface area contributed by atoms with Gasteiger partial charge in [-0.1, -0.05) is 154 Å². The standard InChI is InChI=1S/C47H87O13P/c1-3-5-7-9-11-13-15-17-19-20-22-23-25-27-29-31-33-35-40(48)57-37-39(38-58-61(55,56)60-47-45(53)43(51)42(50)44(52)46(47)54)59-41(49)36-34-32-30-28-26-24-21-18-16-14-12-10-8-6-4-2/h13,15,24,26,39,42-47,50-54H,3-12,14,16-23,25,27-38H2,1-2H3,(H,55,56)/b15-13+,26-24+/t39-,42?,43-,44?,45?,46?,47?/m0/s1. The molecule has 1 aliphatic rings. The van der Waals surface area contributed by atoms with Gasteiger partial charge in [-0.3, -0.25) is 18.6 Å². The van der Waals surface area contributed by atoms with E-state index in [0.717, 1.165) is 51.4 Å². The van der Waals surface area contributed by atoms with E-state index in [1.807, 2.05) is 0 Å². The summed E-state index contributed by atoms with van der Waals surface area (Å²) in [5.74, 6) is -1.11. The number of hydrogen-bond acceptors (Lipinski definition) is 12.